The largest absolute Gasteiger partial charge is 0.375 e. The number of nitrogens with zero attached hydrogens (tertiary/aromatic N) is 1. The predicted molar refractivity (Wildman–Crippen MR) is 77.5 cm³/mol. The van der Waals surface area contributed by atoms with Crippen molar-refractivity contribution in [1.29, 1.82) is 0 Å². The van der Waals surface area contributed by atoms with Crippen LogP contribution in [0.2, 0.25) is 0 Å². The normalized spacial score (nSPS) is 25.3. The Hall–Kier alpha value is -0.510. The third kappa shape index (κ3) is 4.23. The molecule has 19 heavy (non-hydrogen) atoms. The molecule has 0 bridgehead atoms. The second-order valence-corrected chi connectivity index (χ2v) is 9.13. The Balaban J connectivity index is 1.82. The van der Waals surface area contributed by atoms with Gasteiger partial charge in [0.15, 0.2) is 15.0 Å². The highest BCUT2D eigenvalue weighted by atomic mass is 35.5. The van der Waals surface area contributed by atoms with Crippen LogP contribution in [-0.2, 0) is 14.6 Å². The first-order chi connectivity index (χ1) is 8.85. The average molecular weight is 342 g/mol. The van der Waals surface area contributed by atoms with Crippen molar-refractivity contribution >= 4 is 55.6 Å². The lowest BCUT2D eigenvalue weighted by Crippen LogP contribution is -2.41. The number of nitrogen functional groups attached to an aromatic ring is 1. The first-order valence-corrected chi connectivity index (χ1v) is 9.40. The second-order valence-electron chi connectivity index (χ2n) is 4.07. The number of hydrogen-bond donors (Lipinski definition) is 2. The molecule has 0 radical (unpaired) electrons. The number of anilines is 1. The summed E-state index contributed by atoms with van der Waals surface area (Å²) in [6.07, 6.45) is 1.60. The van der Waals surface area contributed by atoms with Crippen LogP contribution in [0, 0.1) is 0 Å². The lowest BCUT2D eigenvalue weighted by molar-refractivity contribution is -0.119. The van der Waals surface area contributed by atoms with Gasteiger partial charge in [0, 0.05) is 0 Å². The van der Waals surface area contributed by atoms with Gasteiger partial charge in [-0.1, -0.05) is 11.3 Å². The molecule has 2 unspecified atom stereocenters. The SMILES string of the molecule is Nc1ncc(SCC(=O)NC2CS(=O)(=O)CC2Cl)s1. The Morgan fingerprint density at radius 1 is 1.63 bits per heavy atom. The van der Waals surface area contributed by atoms with Crippen LogP contribution in [0.3, 0.4) is 0 Å². The first kappa shape index (κ1) is 14.9. The summed E-state index contributed by atoms with van der Waals surface area (Å²) >= 11 is 8.51. The molecule has 1 aromatic heterocycles. The molecule has 0 aromatic carbocycles. The third-order valence-electron chi connectivity index (χ3n) is 2.48. The molecule has 6 nitrogen and oxygen atoms in total. The van der Waals surface area contributed by atoms with Crippen LogP contribution in [0.25, 0.3) is 0 Å². The van der Waals surface area contributed by atoms with Crippen LogP contribution in [0.15, 0.2) is 10.4 Å². The molecule has 1 aliphatic heterocycles. The van der Waals surface area contributed by atoms with E-state index in [0.29, 0.717) is 5.13 Å². The summed E-state index contributed by atoms with van der Waals surface area (Å²) in [6, 6.07) is -0.508. The van der Waals surface area contributed by atoms with Crippen molar-refractivity contribution < 1.29 is 13.2 Å². The number of halogens is 1. The lowest BCUT2D eigenvalue weighted by Gasteiger charge is -2.13. The van der Waals surface area contributed by atoms with E-state index in [1.165, 1.54) is 23.1 Å². The van der Waals surface area contributed by atoms with Gasteiger partial charge in [-0.2, -0.15) is 0 Å². The number of nitrogens with two attached hydrogens (primary N) is 1. The Kier molecular flexibility index (Phi) is 4.59. The van der Waals surface area contributed by atoms with Crippen LogP contribution >= 0.6 is 34.7 Å². The molecule has 0 aliphatic carbocycles. The number of carbonyl (C=O) groups excluding carboxylic acids is 1. The van der Waals surface area contributed by atoms with Gasteiger partial charge in [-0.05, 0) is 0 Å². The van der Waals surface area contributed by atoms with E-state index in [1.54, 1.807) is 6.20 Å². The molecule has 1 saturated heterocycles. The summed E-state index contributed by atoms with van der Waals surface area (Å²) in [4.78, 5) is 15.6. The van der Waals surface area contributed by atoms with Gasteiger partial charge in [-0.3, -0.25) is 4.79 Å². The fourth-order valence-electron chi connectivity index (χ4n) is 1.66. The van der Waals surface area contributed by atoms with E-state index in [1.807, 2.05) is 0 Å². The number of hydrogen-bond acceptors (Lipinski definition) is 7. The maximum Gasteiger partial charge on any atom is 0.230 e. The van der Waals surface area contributed by atoms with E-state index in [4.69, 9.17) is 17.3 Å². The molecule has 1 amide bonds. The molecule has 1 aliphatic rings. The molecular formula is C9H12ClN3O3S3. The molecule has 0 saturated carbocycles. The van der Waals surface area contributed by atoms with Gasteiger partial charge in [0.25, 0.3) is 0 Å². The van der Waals surface area contributed by atoms with Crippen molar-refractivity contribution in [2.75, 3.05) is 23.0 Å². The van der Waals surface area contributed by atoms with Gasteiger partial charge < -0.3 is 11.1 Å². The summed E-state index contributed by atoms with van der Waals surface area (Å²) in [5.41, 5.74) is 5.47. The molecule has 106 valence electrons. The van der Waals surface area contributed by atoms with Crippen LogP contribution in [0.4, 0.5) is 5.13 Å². The minimum atomic E-state index is -3.13. The first-order valence-electron chi connectivity index (χ1n) is 5.34. The minimum absolute atomic E-state index is 0.0853. The summed E-state index contributed by atoms with van der Waals surface area (Å²) in [6.45, 7) is 0. The number of rotatable bonds is 4. The Morgan fingerprint density at radius 2 is 2.37 bits per heavy atom. The van der Waals surface area contributed by atoms with Gasteiger partial charge in [0.05, 0.1) is 39.1 Å². The summed E-state index contributed by atoms with van der Waals surface area (Å²) in [7, 11) is -3.13. The standard InChI is InChI=1S/C9H12ClN3O3S3/c10-5-3-19(15,16)4-6(5)13-7(14)2-17-8-1-12-9(11)18-8/h1,5-6H,2-4H2,(H2,11,12)(H,13,14). The maximum atomic E-state index is 11.7. The fraction of sp³-hybridized carbons (Fsp3) is 0.556. The molecule has 10 heteroatoms. The highest BCUT2D eigenvalue weighted by Gasteiger charge is 2.37. The van der Waals surface area contributed by atoms with E-state index >= 15 is 0 Å². The predicted octanol–water partition coefficient (Wildman–Crippen LogP) is 0.338. The van der Waals surface area contributed by atoms with Gasteiger partial charge >= 0.3 is 0 Å². The molecule has 3 N–H and O–H groups in total. The zero-order chi connectivity index (χ0) is 14.0. The number of amides is 1. The highest BCUT2D eigenvalue weighted by molar-refractivity contribution is 8.01. The minimum Gasteiger partial charge on any atom is -0.375 e. The fourth-order valence-corrected chi connectivity index (χ4v) is 5.78. The van der Waals surface area contributed by atoms with Crippen LogP contribution in [0.1, 0.15) is 0 Å². The third-order valence-corrected chi connectivity index (χ3v) is 6.87. The van der Waals surface area contributed by atoms with Crippen LogP contribution in [-0.4, -0.2) is 48.0 Å². The van der Waals surface area contributed by atoms with Gasteiger partial charge in [-0.15, -0.1) is 23.4 Å². The number of sulfone groups is 1. The van der Waals surface area contributed by atoms with Crippen molar-refractivity contribution in [3.63, 3.8) is 0 Å². The zero-order valence-electron chi connectivity index (χ0n) is 9.71. The smallest absolute Gasteiger partial charge is 0.230 e. The lowest BCUT2D eigenvalue weighted by atomic mass is 10.2. The molecule has 2 atom stereocenters. The average Bonchev–Trinajstić information content (AvgIpc) is 2.80. The molecular weight excluding hydrogens is 330 g/mol. The molecule has 0 spiro atoms. The zero-order valence-corrected chi connectivity index (χ0v) is 12.9. The van der Waals surface area contributed by atoms with Crippen LogP contribution < -0.4 is 11.1 Å². The summed E-state index contributed by atoms with van der Waals surface area (Å²) in [5.74, 6) is -0.241. The topological polar surface area (TPSA) is 102 Å². The van der Waals surface area contributed by atoms with Gasteiger partial charge in [0.1, 0.15) is 0 Å². The van der Waals surface area contributed by atoms with E-state index in [2.05, 4.69) is 10.3 Å². The van der Waals surface area contributed by atoms with E-state index in [0.717, 1.165) is 4.21 Å². The number of thiazole rings is 1. The molecule has 1 aromatic rings. The number of carbonyl (C=O) groups is 1. The summed E-state index contributed by atoms with van der Waals surface area (Å²) in [5, 5.41) is 2.54. The van der Waals surface area contributed by atoms with E-state index < -0.39 is 21.3 Å². The van der Waals surface area contributed by atoms with Crippen molar-refractivity contribution in [2.24, 2.45) is 0 Å². The number of thioether (sulfide) groups is 1. The maximum absolute atomic E-state index is 11.7. The van der Waals surface area contributed by atoms with Crippen molar-refractivity contribution in [3.05, 3.63) is 6.20 Å². The summed E-state index contributed by atoms with van der Waals surface area (Å²) < 4.78 is 23.5. The van der Waals surface area contributed by atoms with E-state index in [9.17, 15) is 13.2 Å². The Morgan fingerprint density at radius 3 is 2.89 bits per heavy atom. The number of alkyl halides is 1. The van der Waals surface area contributed by atoms with Gasteiger partial charge in [-0.25, -0.2) is 13.4 Å². The molecule has 1 fully saturated rings. The quantitative estimate of drug-likeness (QED) is 0.604. The Bertz CT molecular complexity index is 574. The van der Waals surface area contributed by atoms with Gasteiger partial charge in [0.2, 0.25) is 5.91 Å². The number of nitrogens with one attached hydrogen (secondary N) is 1. The van der Waals surface area contributed by atoms with Crippen LogP contribution in [0.5, 0.6) is 0 Å². The monoisotopic (exact) mass is 341 g/mol. The highest BCUT2D eigenvalue weighted by Crippen LogP contribution is 2.26. The van der Waals surface area contributed by atoms with Crippen molar-refractivity contribution in [1.82, 2.24) is 10.3 Å². The van der Waals surface area contributed by atoms with Crippen molar-refractivity contribution in [3.8, 4) is 0 Å². The molecule has 2 heterocycles. The Labute approximate surface area is 124 Å². The second kappa shape index (κ2) is 5.86. The number of aromatic nitrogens is 1. The molecule has 2 rings (SSSR count). The van der Waals surface area contributed by atoms with Crippen molar-refractivity contribution in [2.45, 2.75) is 15.6 Å². The van der Waals surface area contributed by atoms with E-state index in [-0.39, 0.29) is 23.2 Å².